The van der Waals surface area contributed by atoms with Gasteiger partial charge >= 0.3 is 6.09 Å². The van der Waals surface area contributed by atoms with Crippen LogP contribution in [0.2, 0.25) is 0 Å². The fourth-order valence-electron chi connectivity index (χ4n) is 3.20. The Balaban J connectivity index is 2.26. The zero-order valence-corrected chi connectivity index (χ0v) is 14.2. The number of nitrogens with zero attached hydrogens (tertiary/aromatic N) is 1. The lowest BCUT2D eigenvalue weighted by Gasteiger charge is -2.36. The smallest absolute Gasteiger partial charge is 0.410 e. The van der Waals surface area contributed by atoms with E-state index in [1.165, 1.54) is 0 Å². The molecule has 0 aromatic heterocycles. The number of likely N-dealkylation sites (tertiary alicyclic amines) is 1. The van der Waals surface area contributed by atoms with E-state index in [-0.39, 0.29) is 12.1 Å². The van der Waals surface area contributed by atoms with Crippen LogP contribution >= 0.6 is 0 Å². The minimum atomic E-state index is -0.563. The first-order valence-corrected chi connectivity index (χ1v) is 8.06. The first-order valence-electron chi connectivity index (χ1n) is 8.06. The number of rotatable bonds is 3. The molecule has 2 aliphatic heterocycles. The van der Waals surface area contributed by atoms with Crippen LogP contribution in [0.25, 0.3) is 0 Å². The lowest BCUT2D eigenvalue weighted by molar-refractivity contribution is -0.0113. The number of ether oxygens (including phenoxy) is 2. The van der Waals surface area contributed by atoms with E-state index in [1.54, 1.807) is 11.0 Å². The fourth-order valence-corrected chi connectivity index (χ4v) is 3.20. The van der Waals surface area contributed by atoms with Gasteiger partial charge in [-0.05, 0) is 45.6 Å². The average molecular weight is 323 g/mol. The summed E-state index contributed by atoms with van der Waals surface area (Å²) in [5.41, 5.74) is 0.684. The number of hydrogen-bond donors (Lipinski definition) is 0. The minimum absolute atomic E-state index is 0.234. The summed E-state index contributed by atoms with van der Waals surface area (Å²) in [5.74, 6) is -0.513. The number of hydrogen-bond acceptors (Lipinski definition) is 3. The highest BCUT2D eigenvalue weighted by Crippen LogP contribution is 2.35. The molecular formula is C18H26FNO3. The number of halogens is 1. The second-order valence-electron chi connectivity index (χ2n) is 6.97. The molecule has 1 amide bonds. The summed E-state index contributed by atoms with van der Waals surface area (Å²) in [4.78, 5) is 14.1. The van der Waals surface area contributed by atoms with Crippen LogP contribution in [-0.4, -0.2) is 41.9 Å². The van der Waals surface area contributed by atoms with Crippen molar-refractivity contribution < 1.29 is 18.7 Å². The molecule has 0 radical (unpaired) electrons. The fraction of sp³-hybridized carbons (Fsp3) is 0.611. The van der Waals surface area contributed by atoms with Crippen molar-refractivity contribution in [1.82, 2.24) is 4.90 Å². The molecule has 2 atom stereocenters. The van der Waals surface area contributed by atoms with Gasteiger partial charge in [-0.15, -0.1) is 0 Å². The topological polar surface area (TPSA) is 38.8 Å². The van der Waals surface area contributed by atoms with E-state index in [4.69, 9.17) is 9.47 Å². The number of carbonyl (C=O) groups is 1. The highest BCUT2D eigenvalue weighted by molar-refractivity contribution is 5.69. The largest absolute Gasteiger partial charge is 0.444 e. The van der Waals surface area contributed by atoms with Crippen molar-refractivity contribution in [2.24, 2.45) is 0 Å². The van der Waals surface area contributed by atoms with Gasteiger partial charge in [0, 0.05) is 12.1 Å². The molecule has 0 aliphatic carbocycles. The Morgan fingerprint density at radius 2 is 2.17 bits per heavy atom. The Kier molecular flexibility index (Phi) is 5.30. The van der Waals surface area contributed by atoms with Crippen molar-refractivity contribution in [3.8, 4) is 0 Å². The van der Waals surface area contributed by atoms with E-state index in [9.17, 15) is 9.18 Å². The number of allylic oxidation sites excluding steroid dienone is 1. The van der Waals surface area contributed by atoms with E-state index in [2.05, 4.69) is 13.2 Å². The molecule has 2 rings (SSSR count). The summed E-state index contributed by atoms with van der Waals surface area (Å²) in [7, 11) is 0. The molecule has 0 aromatic rings. The third kappa shape index (κ3) is 4.02. The highest BCUT2D eigenvalue weighted by Gasteiger charge is 2.41. The predicted molar refractivity (Wildman–Crippen MR) is 87.8 cm³/mol. The maximum absolute atomic E-state index is 14.0. The molecular weight excluding hydrogens is 297 g/mol. The van der Waals surface area contributed by atoms with Crippen LogP contribution in [0.15, 0.2) is 36.2 Å². The van der Waals surface area contributed by atoms with E-state index in [0.717, 1.165) is 18.4 Å². The zero-order chi connectivity index (χ0) is 17.2. The lowest BCUT2D eigenvalue weighted by atomic mass is 9.91. The predicted octanol–water partition coefficient (Wildman–Crippen LogP) is 4.14. The summed E-state index contributed by atoms with van der Waals surface area (Å²) in [6.45, 7) is 13.8. The Bertz CT molecular complexity index is 533. The van der Waals surface area contributed by atoms with Gasteiger partial charge in [-0.3, -0.25) is 0 Å². The monoisotopic (exact) mass is 323 g/mol. The summed E-state index contributed by atoms with van der Waals surface area (Å²) in [5, 5.41) is 0. The Morgan fingerprint density at radius 1 is 1.48 bits per heavy atom. The van der Waals surface area contributed by atoms with E-state index in [0.29, 0.717) is 25.1 Å². The maximum Gasteiger partial charge on any atom is 0.410 e. The van der Waals surface area contributed by atoms with Crippen LogP contribution in [0, 0.1) is 0 Å². The van der Waals surface area contributed by atoms with E-state index < -0.39 is 17.5 Å². The second kappa shape index (κ2) is 6.87. The molecule has 4 nitrogen and oxygen atoms in total. The quantitative estimate of drug-likeness (QED) is 0.783. The number of carbonyl (C=O) groups excluding carboxylic acids is 1. The first-order chi connectivity index (χ1) is 10.7. The van der Waals surface area contributed by atoms with Crippen LogP contribution < -0.4 is 0 Å². The first kappa shape index (κ1) is 17.7. The molecule has 1 fully saturated rings. The van der Waals surface area contributed by atoms with Gasteiger partial charge in [-0.2, -0.15) is 0 Å². The molecule has 0 bridgehead atoms. The molecule has 0 N–H and O–H groups in total. The zero-order valence-electron chi connectivity index (χ0n) is 14.2. The van der Waals surface area contributed by atoms with Crippen molar-refractivity contribution in [2.45, 2.75) is 57.8 Å². The summed E-state index contributed by atoms with van der Waals surface area (Å²) < 4.78 is 25.3. The summed E-state index contributed by atoms with van der Waals surface area (Å²) >= 11 is 0. The molecule has 2 unspecified atom stereocenters. The van der Waals surface area contributed by atoms with E-state index >= 15 is 0 Å². The minimum Gasteiger partial charge on any atom is -0.444 e. The lowest BCUT2D eigenvalue weighted by Crippen LogP contribution is -2.47. The Labute approximate surface area is 137 Å². The van der Waals surface area contributed by atoms with Gasteiger partial charge in [0.05, 0.1) is 12.6 Å². The molecule has 2 heterocycles. The summed E-state index contributed by atoms with van der Waals surface area (Å²) in [6.07, 6.45) is 2.98. The highest BCUT2D eigenvalue weighted by atomic mass is 19.1. The van der Waals surface area contributed by atoms with E-state index in [1.807, 2.05) is 20.8 Å². The van der Waals surface area contributed by atoms with Gasteiger partial charge in [0.2, 0.25) is 0 Å². The molecule has 128 valence electrons. The van der Waals surface area contributed by atoms with Crippen LogP contribution in [0.3, 0.4) is 0 Å². The third-order valence-electron chi connectivity index (χ3n) is 4.11. The molecule has 5 heteroatoms. The van der Waals surface area contributed by atoms with Gasteiger partial charge < -0.3 is 14.4 Å². The molecule has 2 aliphatic rings. The van der Waals surface area contributed by atoms with Crippen molar-refractivity contribution in [3.05, 3.63) is 36.2 Å². The molecule has 1 saturated heterocycles. The Hall–Kier alpha value is -1.62. The molecule has 0 aromatic carbocycles. The van der Waals surface area contributed by atoms with Crippen LogP contribution in [0.4, 0.5) is 9.18 Å². The second-order valence-corrected chi connectivity index (χ2v) is 6.97. The van der Waals surface area contributed by atoms with Gasteiger partial charge in [-0.1, -0.05) is 19.2 Å². The summed E-state index contributed by atoms with van der Waals surface area (Å²) in [6, 6.07) is -0.234. The molecule has 0 spiro atoms. The molecule has 23 heavy (non-hydrogen) atoms. The third-order valence-corrected chi connectivity index (χ3v) is 4.11. The van der Waals surface area contributed by atoms with Gasteiger partial charge in [0.15, 0.2) is 0 Å². The Morgan fingerprint density at radius 3 is 2.74 bits per heavy atom. The van der Waals surface area contributed by atoms with Gasteiger partial charge in [0.1, 0.15) is 17.5 Å². The molecule has 0 saturated carbocycles. The van der Waals surface area contributed by atoms with Gasteiger partial charge in [-0.25, -0.2) is 9.18 Å². The van der Waals surface area contributed by atoms with Crippen LogP contribution in [-0.2, 0) is 9.47 Å². The van der Waals surface area contributed by atoms with Crippen molar-refractivity contribution >= 4 is 6.09 Å². The average Bonchev–Trinajstić information content (AvgIpc) is 2.93. The standard InChI is InChI=1S/C18H26FNO3/c1-6-13-9-11-22-16(15(13)12(2)19)14-8-7-10-20(14)17(21)23-18(3,4)5/h6,14,16H,1-2,7-11H2,3-5H3. The van der Waals surface area contributed by atoms with Crippen molar-refractivity contribution in [1.29, 1.82) is 0 Å². The number of amides is 1. The SMILES string of the molecule is C=CC1=C(C(=C)F)C(C2CCCN2C(=O)OC(C)(C)C)OCC1. The van der Waals surface area contributed by atoms with Gasteiger partial charge in [0.25, 0.3) is 0 Å². The van der Waals surface area contributed by atoms with Crippen LogP contribution in [0.5, 0.6) is 0 Å². The van der Waals surface area contributed by atoms with Crippen molar-refractivity contribution in [3.63, 3.8) is 0 Å². The van der Waals surface area contributed by atoms with Crippen LogP contribution in [0.1, 0.15) is 40.0 Å². The maximum atomic E-state index is 14.0. The normalized spacial score (nSPS) is 25.5. The van der Waals surface area contributed by atoms with Crippen molar-refractivity contribution in [2.75, 3.05) is 13.2 Å².